The number of hydrogen-bond donors (Lipinski definition) is 0. The van der Waals surface area contributed by atoms with Gasteiger partial charge in [-0.3, -0.25) is 0 Å². The van der Waals surface area contributed by atoms with Crippen molar-refractivity contribution in [3.63, 3.8) is 0 Å². The molecule has 0 bridgehead atoms. The van der Waals surface area contributed by atoms with Crippen molar-refractivity contribution < 1.29 is 0 Å². The summed E-state index contributed by atoms with van der Waals surface area (Å²) in [5, 5.41) is 0. The van der Waals surface area contributed by atoms with Crippen LogP contribution in [0.25, 0.3) is 0 Å². The largest absolute Gasteiger partial charge is 0.375 e. The summed E-state index contributed by atoms with van der Waals surface area (Å²) in [6.07, 6.45) is 2.15. The minimum Gasteiger partial charge on any atom is -0.375 e. The topological polar surface area (TPSA) is 3.24 Å². The van der Waals surface area contributed by atoms with Crippen LogP contribution in [0.4, 0.5) is 0 Å². The molecule has 0 N–H and O–H groups in total. The second kappa shape index (κ2) is 4.42. The molecule has 0 heterocycles. The lowest BCUT2D eigenvalue weighted by Gasteiger charge is -2.30. The highest BCUT2D eigenvalue weighted by Crippen LogP contribution is 2.12. The monoisotopic (exact) mass is 155 g/mol. The van der Waals surface area contributed by atoms with Gasteiger partial charge in [0.1, 0.15) is 0 Å². The van der Waals surface area contributed by atoms with Gasteiger partial charge in [-0.05, 0) is 26.7 Å². The maximum atomic E-state index is 2.32. The van der Waals surface area contributed by atoms with Gasteiger partial charge in [0.05, 0.1) is 0 Å². The molecule has 11 heavy (non-hydrogen) atoms. The standard InChI is InChI=1S/C10H21N/c1-7-9(4)11(6)10(5)8(2)3/h7-8,10H,1-6H3/b9-7+. The van der Waals surface area contributed by atoms with Gasteiger partial charge in [0.25, 0.3) is 0 Å². The molecule has 1 heteroatoms. The Bertz CT molecular complexity index is 136. The molecule has 66 valence electrons. The fourth-order valence-electron chi connectivity index (χ4n) is 0.972. The van der Waals surface area contributed by atoms with Crippen molar-refractivity contribution in [3.05, 3.63) is 11.8 Å². The molecule has 0 fully saturated rings. The molecular weight excluding hydrogens is 134 g/mol. The normalized spacial score (nSPS) is 15.4. The van der Waals surface area contributed by atoms with Crippen LogP contribution in [0.2, 0.25) is 0 Å². The average Bonchev–Trinajstić information content (AvgIpc) is 2.00. The SMILES string of the molecule is C/C=C(\C)N(C)C(C)C(C)C. The van der Waals surface area contributed by atoms with Gasteiger partial charge in [-0.25, -0.2) is 0 Å². The minimum absolute atomic E-state index is 0.631. The second-order valence-corrected chi connectivity index (χ2v) is 3.53. The Balaban J connectivity index is 4.13. The molecule has 0 aromatic heterocycles. The maximum absolute atomic E-state index is 2.32. The first kappa shape index (κ1) is 10.5. The Morgan fingerprint density at radius 1 is 1.27 bits per heavy atom. The first-order valence-corrected chi connectivity index (χ1v) is 4.36. The average molecular weight is 155 g/mol. The van der Waals surface area contributed by atoms with Crippen LogP contribution < -0.4 is 0 Å². The van der Waals surface area contributed by atoms with Crippen LogP contribution >= 0.6 is 0 Å². The van der Waals surface area contributed by atoms with E-state index in [0.717, 1.165) is 5.92 Å². The quantitative estimate of drug-likeness (QED) is 0.605. The number of hydrogen-bond acceptors (Lipinski definition) is 1. The molecule has 0 saturated carbocycles. The highest BCUT2D eigenvalue weighted by molar-refractivity contribution is 4.96. The van der Waals surface area contributed by atoms with Gasteiger partial charge >= 0.3 is 0 Å². The summed E-state index contributed by atoms with van der Waals surface area (Å²) >= 11 is 0. The van der Waals surface area contributed by atoms with E-state index < -0.39 is 0 Å². The van der Waals surface area contributed by atoms with Gasteiger partial charge in [-0.15, -0.1) is 0 Å². The van der Waals surface area contributed by atoms with Crippen molar-refractivity contribution >= 4 is 0 Å². The summed E-state index contributed by atoms with van der Waals surface area (Å²) in [6, 6.07) is 0.631. The zero-order chi connectivity index (χ0) is 9.02. The van der Waals surface area contributed by atoms with Gasteiger partial charge in [0.2, 0.25) is 0 Å². The molecule has 0 aromatic rings. The first-order chi connectivity index (χ1) is 5.00. The lowest BCUT2D eigenvalue weighted by atomic mass is 10.0. The van der Waals surface area contributed by atoms with Crippen LogP contribution in [0.15, 0.2) is 11.8 Å². The summed E-state index contributed by atoms with van der Waals surface area (Å²) in [4.78, 5) is 2.32. The number of rotatable bonds is 3. The molecule has 1 nitrogen and oxygen atoms in total. The highest BCUT2D eigenvalue weighted by atomic mass is 15.1. The molecule has 0 radical (unpaired) electrons. The van der Waals surface area contributed by atoms with Crippen molar-refractivity contribution in [2.75, 3.05) is 7.05 Å². The molecule has 0 spiro atoms. The molecule has 0 aliphatic heterocycles. The summed E-state index contributed by atoms with van der Waals surface area (Å²) in [7, 11) is 2.15. The van der Waals surface area contributed by atoms with Crippen molar-refractivity contribution in [1.82, 2.24) is 4.90 Å². The van der Waals surface area contributed by atoms with Crippen LogP contribution in [-0.2, 0) is 0 Å². The van der Waals surface area contributed by atoms with Crippen LogP contribution in [0.1, 0.15) is 34.6 Å². The van der Waals surface area contributed by atoms with Crippen molar-refractivity contribution in [3.8, 4) is 0 Å². The predicted molar refractivity (Wildman–Crippen MR) is 51.5 cm³/mol. The van der Waals surface area contributed by atoms with Crippen molar-refractivity contribution in [1.29, 1.82) is 0 Å². The first-order valence-electron chi connectivity index (χ1n) is 4.36. The Morgan fingerprint density at radius 3 is 2.00 bits per heavy atom. The fourth-order valence-corrected chi connectivity index (χ4v) is 0.972. The molecule has 1 unspecified atom stereocenters. The van der Waals surface area contributed by atoms with E-state index in [-0.39, 0.29) is 0 Å². The number of nitrogens with zero attached hydrogens (tertiary/aromatic N) is 1. The Kier molecular flexibility index (Phi) is 4.24. The van der Waals surface area contributed by atoms with E-state index in [1.54, 1.807) is 0 Å². The van der Waals surface area contributed by atoms with Gasteiger partial charge in [0.15, 0.2) is 0 Å². The Morgan fingerprint density at radius 2 is 1.73 bits per heavy atom. The lowest BCUT2D eigenvalue weighted by molar-refractivity contribution is 0.259. The van der Waals surface area contributed by atoms with Crippen LogP contribution in [0, 0.1) is 5.92 Å². The maximum Gasteiger partial charge on any atom is 0.0278 e. The van der Waals surface area contributed by atoms with Gasteiger partial charge in [-0.2, -0.15) is 0 Å². The third kappa shape index (κ3) is 2.96. The van der Waals surface area contributed by atoms with E-state index in [4.69, 9.17) is 0 Å². The zero-order valence-electron chi connectivity index (χ0n) is 8.68. The zero-order valence-corrected chi connectivity index (χ0v) is 8.68. The van der Waals surface area contributed by atoms with Crippen molar-refractivity contribution in [2.45, 2.75) is 40.7 Å². The van der Waals surface area contributed by atoms with E-state index in [1.165, 1.54) is 5.70 Å². The van der Waals surface area contributed by atoms with Crippen LogP contribution in [0.3, 0.4) is 0 Å². The molecule has 0 saturated heterocycles. The fraction of sp³-hybridized carbons (Fsp3) is 0.800. The second-order valence-electron chi connectivity index (χ2n) is 3.53. The Hall–Kier alpha value is -0.460. The predicted octanol–water partition coefficient (Wildman–Crippen LogP) is 2.89. The molecule has 1 atom stereocenters. The van der Waals surface area contributed by atoms with E-state index in [1.807, 2.05) is 0 Å². The molecule has 0 aromatic carbocycles. The smallest absolute Gasteiger partial charge is 0.0278 e. The van der Waals surface area contributed by atoms with E-state index in [0.29, 0.717) is 6.04 Å². The third-order valence-corrected chi connectivity index (χ3v) is 2.55. The van der Waals surface area contributed by atoms with Crippen LogP contribution in [-0.4, -0.2) is 18.0 Å². The number of allylic oxidation sites excluding steroid dienone is 2. The highest BCUT2D eigenvalue weighted by Gasteiger charge is 2.11. The molecule has 0 amide bonds. The molecular formula is C10H21N. The Labute approximate surface area is 71.1 Å². The summed E-state index contributed by atoms with van der Waals surface area (Å²) in [5.41, 5.74) is 1.35. The lowest BCUT2D eigenvalue weighted by Crippen LogP contribution is -2.31. The van der Waals surface area contributed by atoms with E-state index in [9.17, 15) is 0 Å². The summed E-state index contributed by atoms with van der Waals surface area (Å²) in [6.45, 7) is 11.0. The van der Waals surface area contributed by atoms with E-state index in [2.05, 4.69) is 52.6 Å². The molecule has 0 rings (SSSR count). The molecule has 0 aliphatic carbocycles. The minimum atomic E-state index is 0.631. The van der Waals surface area contributed by atoms with Crippen molar-refractivity contribution in [2.24, 2.45) is 5.92 Å². The van der Waals surface area contributed by atoms with Gasteiger partial charge in [-0.1, -0.05) is 19.9 Å². The third-order valence-electron chi connectivity index (χ3n) is 2.55. The van der Waals surface area contributed by atoms with Gasteiger partial charge in [0, 0.05) is 18.8 Å². The molecule has 0 aliphatic rings. The summed E-state index contributed by atoms with van der Waals surface area (Å²) < 4.78 is 0. The van der Waals surface area contributed by atoms with Gasteiger partial charge < -0.3 is 4.90 Å². The summed E-state index contributed by atoms with van der Waals surface area (Å²) in [5.74, 6) is 0.717. The van der Waals surface area contributed by atoms with Crippen LogP contribution in [0.5, 0.6) is 0 Å². The van der Waals surface area contributed by atoms with E-state index >= 15 is 0 Å².